The number of carbonyl (C=O) groups excluding carboxylic acids is 1. The lowest BCUT2D eigenvalue weighted by Gasteiger charge is -2.13. The first-order chi connectivity index (χ1) is 10.1. The lowest BCUT2D eigenvalue weighted by atomic mass is 10.2. The molecule has 22 heavy (non-hydrogen) atoms. The van der Waals surface area contributed by atoms with Gasteiger partial charge in [-0.25, -0.2) is 4.79 Å². The molecule has 0 heterocycles. The van der Waals surface area contributed by atoms with E-state index in [0.29, 0.717) is 0 Å². The Morgan fingerprint density at radius 3 is 2.23 bits per heavy atom. The number of ether oxygens (including phenoxy) is 1. The zero-order chi connectivity index (χ0) is 17.0. The lowest BCUT2D eigenvalue weighted by Crippen LogP contribution is -2.20. The smallest absolute Gasteiger partial charge is 0.450 e. The van der Waals surface area contributed by atoms with E-state index in [4.69, 9.17) is 0 Å². The summed E-state index contributed by atoms with van der Waals surface area (Å²) in [6.45, 7) is 2.91. The first kappa shape index (κ1) is 18.0. The molecule has 0 aromatic heterocycles. The Bertz CT molecular complexity index is 660. The fourth-order valence-electron chi connectivity index (χ4n) is 1.32. The molecule has 5 nitrogen and oxygen atoms in total. The van der Waals surface area contributed by atoms with Gasteiger partial charge in [0.2, 0.25) is 5.76 Å². The summed E-state index contributed by atoms with van der Waals surface area (Å²) in [5, 5.41) is 0. The Hall–Kier alpha value is -2.03. The van der Waals surface area contributed by atoms with E-state index in [2.05, 4.69) is 8.92 Å². The second-order valence-corrected chi connectivity index (χ2v) is 5.66. The molecule has 0 amide bonds. The van der Waals surface area contributed by atoms with Crippen LogP contribution in [0.1, 0.15) is 12.5 Å². The molecule has 122 valence electrons. The van der Waals surface area contributed by atoms with Crippen molar-refractivity contribution in [1.29, 1.82) is 0 Å². The summed E-state index contributed by atoms with van der Waals surface area (Å²) >= 11 is 0. The molecule has 0 saturated carbocycles. The first-order valence-electron chi connectivity index (χ1n) is 6.03. The number of esters is 1. The Morgan fingerprint density at radius 1 is 1.23 bits per heavy atom. The number of aryl methyl sites for hydroxylation is 1. The number of benzene rings is 1. The average molecular weight is 338 g/mol. The molecule has 0 aliphatic carbocycles. The molecule has 0 aliphatic rings. The summed E-state index contributed by atoms with van der Waals surface area (Å²) in [5.41, 5.74) is 0.720. The summed E-state index contributed by atoms with van der Waals surface area (Å²) in [4.78, 5) is 10.6. The van der Waals surface area contributed by atoms with Gasteiger partial charge in [0.1, 0.15) is 4.90 Å². The Balaban J connectivity index is 3.13. The number of carbonyl (C=O) groups is 1. The van der Waals surface area contributed by atoms with E-state index in [1.807, 2.05) is 0 Å². The number of hydrogen-bond donors (Lipinski definition) is 0. The summed E-state index contributed by atoms with van der Waals surface area (Å²) < 4.78 is 70.3. The van der Waals surface area contributed by atoms with Crippen molar-refractivity contribution in [3.63, 3.8) is 0 Å². The van der Waals surface area contributed by atoms with Crippen LogP contribution in [-0.4, -0.2) is 27.2 Å². The van der Waals surface area contributed by atoms with Crippen LogP contribution in [0.25, 0.3) is 0 Å². The SMILES string of the molecule is CCOC(=O)/C=C(/OS(=O)(=O)c1ccc(C)cc1)C(F)(F)F. The standard InChI is InChI=1S/C13H13F3O5S/c1-3-20-12(17)8-11(13(14,15)16)21-22(18,19)10-6-4-9(2)5-7-10/h4-8H,3H2,1-2H3/b11-8+. The minimum absolute atomic E-state index is 0.0464. The van der Waals surface area contributed by atoms with Gasteiger partial charge in [0.05, 0.1) is 12.7 Å². The third kappa shape index (κ3) is 5.06. The maximum absolute atomic E-state index is 12.8. The Morgan fingerprint density at radius 2 is 1.77 bits per heavy atom. The molecule has 0 saturated heterocycles. The van der Waals surface area contributed by atoms with E-state index in [-0.39, 0.29) is 12.7 Å². The van der Waals surface area contributed by atoms with E-state index in [0.717, 1.165) is 17.7 Å². The van der Waals surface area contributed by atoms with Crippen LogP contribution >= 0.6 is 0 Å². The van der Waals surface area contributed by atoms with Crippen LogP contribution in [0.3, 0.4) is 0 Å². The Labute approximate surface area is 125 Å². The third-order valence-corrected chi connectivity index (χ3v) is 3.57. The largest absolute Gasteiger partial charge is 0.463 e. The molecule has 0 N–H and O–H groups in total. The van der Waals surface area contributed by atoms with E-state index in [9.17, 15) is 26.4 Å². The highest BCUT2D eigenvalue weighted by molar-refractivity contribution is 7.86. The lowest BCUT2D eigenvalue weighted by molar-refractivity contribution is -0.140. The molecule has 9 heteroatoms. The molecule has 1 aromatic rings. The maximum atomic E-state index is 12.8. The minimum Gasteiger partial charge on any atom is -0.463 e. The van der Waals surface area contributed by atoms with Gasteiger partial charge in [-0.15, -0.1) is 0 Å². The van der Waals surface area contributed by atoms with Crippen molar-refractivity contribution >= 4 is 16.1 Å². The van der Waals surface area contributed by atoms with E-state index >= 15 is 0 Å². The first-order valence-corrected chi connectivity index (χ1v) is 7.44. The van der Waals surface area contributed by atoms with Crippen molar-refractivity contribution in [2.24, 2.45) is 0 Å². The van der Waals surface area contributed by atoms with Gasteiger partial charge in [0.25, 0.3) is 0 Å². The van der Waals surface area contributed by atoms with Crippen molar-refractivity contribution in [2.75, 3.05) is 6.61 Å². The average Bonchev–Trinajstić information content (AvgIpc) is 2.37. The van der Waals surface area contributed by atoms with Crippen LogP contribution in [0.15, 0.2) is 41.0 Å². The van der Waals surface area contributed by atoms with Crippen molar-refractivity contribution < 1.29 is 35.3 Å². The van der Waals surface area contributed by atoms with Gasteiger partial charge in [-0.1, -0.05) is 17.7 Å². The van der Waals surface area contributed by atoms with Crippen molar-refractivity contribution in [2.45, 2.75) is 24.9 Å². The highest BCUT2D eigenvalue weighted by atomic mass is 32.2. The van der Waals surface area contributed by atoms with Gasteiger partial charge in [0.15, 0.2) is 0 Å². The van der Waals surface area contributed by atoms with Crippen LogP contribution in [0, 0.1) is 6.92 Å². The van der Waals surface area contributed by atoms with E-state index in [1.165, 1.54) is 19.1 Å². The number of allylic oxidation sites excluding steroid dienone is 1. The molecule has 0 fully saturated rings. The highest BCUT2D eigenvalue weighted by Crippen LogP contribution is 2.30. The summed E-state index contributed by atoms with van der Waals surface area (Å²) in [6, 6.07) is 5.00. The van der Waals surface area contributed by atoms with Gasteiger partial charge in [-0.2, -0.15) is 21.6 Å². The minimum atomic E-state index is -5.16. The molecule has 1 aromatic carbocycles. The molecule has 0 spiro atoms. The van der Waals surface area contributed by atoms with E-state index in [1.54, 1.807) is 6.92 Å². The predicted molar refractivity (Wildman–Crippen MR) is 70.2 cm³/mol. The fourth-order valence-corrected chi connectivity index (χ4v) is 2.26. The molecule has 0 radical (unpaired) electrons. The fraction of sp³-hybridized carbons (Fsp3) is 0.308. The second-order valence-electron chi connectivity index (χ2n) is 4.11. The van der Waals surface area contributed by atoms with Gasteiger partial charge >= 0.3 is 22.3 Å². The normalized spacial score (nSPS) is 12.9. The third-order valence-electron chi connectivity index (χ3n) is 2.32. The van der Waals surface area contributed by atoms with E-state index < -0.39 is 32.9 Å². The number of alkyl halides is 3. The zero-order valence-corrected chi connectivity index (χ0v) is 12.5. The Kier molecular flexibility index (Phi) is 5.59. The molecule has 0 bridgehead atoms. The zero-order valence-electron chi connectivity index (χ0n) is 11.7. The summed E-state index contributed by atoms with van der Waals surface area (Å²) in [5.74, 6) is -3.32. The van der Waals surface area contributed by atoms with Crippen LogP contribution < -0.4 is 0 Å². The predicted octanol–water partition coefficient (Wildman–Crippen LogP) is 2.71. The van der Waals surface area contributed by atoms with Gasteiger partial charge in [-0.05, 0) is 26.0 Å². The number of halogens is 3. The van der Waals surface area contributed by atoms with Gasteiger partial charge in [-0.3, -0.25) is 0 Å². The molecular formula is C13H13F3O5S. The summed E-state index contributed by atoms with van der Waals surface area (Å²) in [6.07, 6.45) is -5.21. The van der Waals surface area contributed by atoms with Crippen molar-refractivity contribution in [3.05, 3.63) is 41.7 Å². The monoisotopic (exact) mass is 338 g/mol. The van der Waals surface area contributed by atoms with Gasteiger partial charge in [0, 0.05) is 0 Å². The van der Waals surface area contributed by atoms with Crippen LogP contribution in [0.5, 0.6) is 0 Å². The number of hydrogen-bond acceptors (Lipinski definition) is 5. The maximum Gasteiger partial charge on any atom is 0.450 e. The van der Waals surface area contributed by atoms with Crippen LogP contribution in [0.4, 0.5) is 13.2 Å². The van der Waals surface area contributed by atoms with Crippen molar-refractivity contribution in [3.8, 4) is 0 Å². The molecule has 0 atom stereocenters. The van der Waals surface area contributed by atoms with Crippen LogP contribution in [-0.2, 0) is 23.8 Å². The second kappa shape index (κ2) is 6.82. The number of rotatable bonds is 5. The molecule has 0 aliphatic heterocycles. The quantitative estimate of drug-likeness (QED) is 0.357. The topological polar surface area (TPSA) is 69.7 Å². The highest BCUT2D eigenvalue weighted by Gasteiger charge is 2.40. The summed E-state index contributed by atoms with van der Waals surface area (Å²) in [7, 11) is -4.72. The van der Waals surface area contributed by atoms with Crippen molar-refractivity contribution in [1.82, 2.24) is 0 Å². The molecular weight excluding hydrogens is 325 g/mol. The molecule has 1 rings (SSSR count). The molecule has 0 unspecified atom stereocenters. The van der Waals surface area contributed by atoms with Crippen LogP contribution in [0.2, 0.25) is 0 Å². The van der Waals surface area contributed by atoms with Gasteiger partial charge < -0.3 is 8.92 Å².